The zero-order valence-corrected chi connectivity index (χ0v) is 17.2. The van der Waals surface area contributed by atoms with E-state index in [4.69, 9.17) is 11.5 Å². The minimum absolute atomic E-state index is 0.668. The van der Waals surface area contributed by atoms with E-state index in [-0.39, 0.29) is 0 Å². The molecule has 4 N–H and O–H groups in total. The fraction of sp³-hybridized carbons (Fsp3) is 0.214. The van der Waals surface area contributed by atoms with E-state index >= 15 is 0 Å². The lowest BCUT2D eigenvalue weighted by atomic mass is 9.79. The Morgan fingerprint density at radius 3 is 2.57 bits per heavy atom. The first-order valence-corrected chi connectivity index (χ1v) is 11.0. The number of nitrogens with two attached hydrogens (primary N) is 2. The second-order valence-corrected chi connectivity index (χ2v) is 8.78. The number of aryl methyl sites for hydroxylation is 2. The average molecular weight is 391 g/mol. The molecule has 3 aliphatic rings. The molecule has 0 fully saturated rings. The van der Waals surface area contributed by atoms with Crippen molar-refractivity contribution < 1.29 is 0 Å². The van der Waals surface area contributed by atoms with E-state index in [0.717, 1.165) is 19.3 Å². The molecule has 30 heavy (non-hydrogen) atoms. The lowest BCUT2D eigenvalue weighted by Gasteiger charge is -2.26. The van der Waals surface area contributed by atoms with Crippen LogP contribution in [-0.4, -0.2) is 0 Å². The molecule has 148 valence electrons. The Bertz CT molecular complexity index is 1300. The van der Waals surface area contributed by atoms with Crippen LogP contribution in [0.3, 0.4) is 0 Å². The highest BCUT2D eigenvalue weighted by Crippen LogP contribution is 2.41. The van der Waals surface area contributed by atoms with Crippen LogP contribution in [0.2, 0.25) is 0 Å². The fourth-order valence-electron chi connectivity index (χ4n) is 5.50. The van der Waals surface area contributed by atoms with Crippen LogP contribution in [-0.2, 0) is 12.8 Å². The third-order valence-corrected chi connectivity index (χ3v) is 7.05. The molecule has 0 aliphatic heterocycles. The maximum Gasteiger partial charge on any atom is 0.0554 e. The Kier molecular flexibility index (Phi) is 3.89. The number of nitrogen functional groups attached to an aromatic ring is 2. The molecular formula is C28H26N2. The molecule has 0 unspecified atom stereocenters. The van der Waals surface area contributed by atoms with Crippen LogP contribution >= 0.6 is 0 Å². The monoisotopic (exact) mass is 390 g/mol. The summed E-state index contributed by atoms with van der Waals surface area (Å²) < 4.78 is 0. The first-order chi connectivity index (χ1) is 14.7. The molecule has 0 bridgehead atoms. The maximum absolute atomic E-state index is 6.14. The number of hydrogen-bond donors (Lipinski definition) is 2. The second kappa shape index (κ2) is 6.63. The predicted octanol–water partition coefficient (Wildman–Crippen LogP) is 6.43. The number of benzene rings is 3. The van der Waals surface area contributed by atoms with Crippen LogP contribution in [0.15, 0.2) is 66.3 Å². The van der Waals surface area contributed by atoms with E-state index in [1.54, 1.807) is 5.57 Å². The van der Waals surface area contributed by atoms with Gasteiger partial charge in [-0.2, -0.15) is 0 Å². The quantitative estimate of drug-likeness (QED) is 0.470. The lowest BCUT2D eigenvalue weighted by molar-refractivity contribution is 0.831. The number of rotatable bonds is 1. The number of anilines is 2. The second-order valence-electron chi connectivity index (χ2n) is 8.78. The van der Waals surface area contributed by atoms with Crippen LogP contribution in [0.1, 0.15) is 53.5 Å². The minimum Gasteiger partial charge on any atom is -0.397 e. The van der Waals surface area contributed by atoms with Crippen molar-refractivity contribution in [3.8, 4) is 0 Å². The van der Waals surface area contributed by atoms with Gasteiger partial charge in [-0.1, -0.05) is 48.1 Å². The Morgan fingerprint density at radius 2 is 1.63 bits per heavy atom. The SMILES string of the molecule is Nc1cc2c(cc1N)C(c1ccc3c4c(ccc3c1)C1=C(CCC=C1)CC4)=CCC2. The van der Waals surface area contributed by atoms with Gasteiger partial charge in [0.1, 0.15) is 0 Å². The van der Waals surface area contributed by atoms with Crippen molar-refractivity contribution in [3.05, 3.63) is 94.1 Å². The molecule has 0 spiro atoms. The minimum atomic E-state index is 0.668. The van der Waals surface area contributed by atoms with Gasteiger partial charge in [-0.25, -0.2) is 0 Å². The van der Waals surface area contributed by atoms with Gasteiger partial charge in [-0.05, 0) is 106 Å². The van der Waals surface area contributed by atoms with E-state index in [0.29, 0.717) is 11.4 Å². The standard InChI is InChI=1S/C28H26N2/c29-27-15-18-5-3-7-22(26(18)16-28(27)30)19-9-11-23-20(14-19)10-13-24-21-6-2-1-4-17(21)8-12-25(23)24/h2,6-7,9-11,13-16H,1,3-5,8,12,29-30H2. The first-order valence-electron chi connectivity index (χ1n) is 11.0. The molecule has 3 aromatic carbocycles. The summed E-state index contributed by atoms with van der Waals surface area (Å²) in [5.74, 6) is 0. The Hall–Kier alpha value is -3.26. The van der Waals surface area contributed by atoms with Crippen LogP contribution in [0.5, 0.6) is 0 Å². The molecular weight excluding hydrogens is 364 g/mol. The highest BCUT2D eigenvalue weighted by molar-refractivity contribution is 5.97. The van der Waals surface area contributed by atoms with Gasteiger partial charge in [-0.15, -0.1) is 0 Å². The smallest absolute Gasteiger partial charge is 0.0554 e. The van der Waals surface area contributed by atoms with Gasteiger partial charge in [0, 0.05) is 0 Å². The molecule has 3 aliphatic carbocycles. The molecule has 0 amide bonds. The number of hydrogen-bond acceptors (Lipinski definition) is 2. The van der Waals surface area contributed by atoms with Gasteiger partial charge < -0.3 is 11.5 Å². The van der Waals surface area contributed by atoms with Crippen molar-refractivity contribution in [2.75, 3.05) is 11.5 Å². The molecule has 6 rings (SSSR count). The van der Waals surface area contributed by atoms with Crippen LogP contribution in [0.25, 0.3) is 21.9 Å². The summed E-state index contributed by atoms with van der Waals surface area (Å²) in [7, 11) is 0. The summed E-state index contributed by atoms with van der Waals surface area (Å²) in [6, 6.07) is 15.7. The van der Waals surface area contributed by atoms with Crippen molar-refractivity contribution in [1.82, 2.24) is 0 Å². The third kappa shape index (κ3) is 2.64. The number of allylic oxidation sites excluding steroid dienone is 5. The first kappa shape index (κ1) is 17.6. The van der Waals surface area contributed by atoms with Crippen LogP contribution in [0.4, 0.5) is 11.4 Å². The molecule has 0 atom stereocenters. The fourth-order valence-corrected chi connectivity index (χ4v) is 5.50. The predicted molar refractivity (Wildman–Crippen MR) is 128 cm³/mol. The van der Waals surface area contributed by atoms with E-state index in [1.165, 1.54) is 69.0 Å². The summed E-state index contributed by atoms with van der Waals surface area (Å²) >= 11 is 0. The average Bonchev–Trinajstić information content (AvgIpc) is 2.78. The van der Waals surface area contributed by atoms with Gasteiger partial charge in [0.15, 0.2) is 0 Å². The van der Waals surface area contributed by atoms with E-state index < -0.39 is 0 Å². The normalized spacial score (nSPS) is 17.4. The number of fused-ring (bicyclic) bond motifs is 5. The summed E-state index contributed by atoms with van der Waals surface area (Å²) in [6.07, 6.45) is 13.9. The Morgan fingerprint density at radius 1 is 0.733 bits per heavy atom. The molecule has 0 saturated heterocycles. The van der Waals surface area contributed by atoms with Gasteiger partial charge >= 0.3 is 0 Å². The molecule has 2 nitrogen and oxygen atoms in total. The topological polar surface area (TPSA) is 52.0 Å². The van der Waals surface area contributed by atoms with Crippen molar-refractivity contribution in [2.45, 2.75) is 38.5 Å². The molecule has 0 heterocycles. The van der Waals surface area contributed by atoms with Crippen molar-refractivity contribution in [1.29, 1.82) is 0 Å². The summed E-state index contributed by atoms with van der Waals surface area (Å²) in [5, 5.41) is 2.72. The van der Waals surface area contributed by atoms with E-state index in [1.807, 2.05) is 0 Å². The van der Waals surface area contributed by atoms with Gasteiger partial charge in [-0.3, -0.25) is 0 Å². The van der Waals surface area contributed by atoms with Gasteiger partial charge in [0.2, 0.25) is 0 Å². The summed E-state index contributed by atoms with van der Waals surface area (Å²) in [4.78, 5) is 0. The maximum atomic E-state index is 6.14. The van der Waals surface area contributed by atoms with Gasteiger partial charge in [0.05, 0.1) is 11.4 Å². The zero-order chi connectivity index (χ0) is 20.2. The third-order valence-electron chi connectivity index (χ3n) is 7.05. The molecule has 2 heteroatoms. The van der Waals surface area contributed by atoms with Crippen LogP contribution < -0.4 is 11.5 Å². The van der Waals surface area contributed by atoms with Crippen molar-refractivity contribution >= 4 is 33.3 Å². The Balaban J connectivity index is 1.47. The van der Waals surface area contributed by atoms with Crippen molar-refractivity contribution in [2.24, 2.45) is 0 Å². The molecule has 3 aromatic rings. The molecule has 0 saturated carbocycles. The van der Waals surface area contributed by atoms with Gasteiger partial charge in [0.25, 0.3) is 0 Å². The highest BCUT2D eigenvalue weighted by Gasteiger charge is 2.21. The van der Waals surface area contributed by atoms with Crippen molar-refractivity contribution in [3.63, 3.8) is 0 Å². The largest absolute Gasteiger partial charge is 0.397 e. The highest BCUT2D eigenvalue weighted by atomic mass is 14.7. The van der Waals surface area contributed by atoms with E-state index in [9.17, 15) is 0 Å². The molecule has 0 radical (unpaired) electrons. The zero-order valence-electron chi connectivity index (χ0n) is 17.2. The summed E-state index contributed by atoms with van der Waals surface area (Å²) in [6.45, 7) is 0. The van der Waals surface area contributed by atoms with E-state index in [2.05, 4.69) is 60.7 Å². The Labute approximate surface area is 177 Å². The lowest BCUT2D eigenvalue weighted by Crippen LogP contribution is -2.07. The summed E-state index contributed by atoms with van der Waals surface area (Å²) in [5.41, 5.74) is 24.7. The molecule has 0 aromatic heterocycles. The van der Waals surface area contributed by atoms with Crippen LogP contribution in [0, 0.1) is 0 Å².